The molecule has 0 radical (unpaired) electrons. The molecule has 5 nitrogen and oxygen atoms in total. The highest BCUT2D eigenvalue weighted by atomic mass is 14.9. The van der Waals surface area contributed by atoms with Gasteiger partial charge >= 0.3 is 0 Å². The van der Waals surface area contributed by atoms with Crippen molar-refractivity contribution in [1.82, 2.24) is 25.3 Å². The zero-order valence-corrected chi connectivity index (χ0v) is 9.96. The summed E-state index contributed by atoms with van der Waals surface area (Å²) in [5, 5.41) is 3.31. The van der Waals surface area contributed by atoms with Gasteiger partial charge in [0.1, 0.15) is 5.69 Å². The third-order valence-electron chi connectivity index (χ3n) is 2.21. The average Bonchev–Trinajstić information content (AvgIpc) is 2.38. The second-order valence-electron chi connectivity index (χ2n) is 4.04. The fraction of sp³-hybridized carbons (Fsp3) is 0.333. The van der Waals surface area contributed by atoms with E-state index < -0.39 is 0 Å². The lowest BCUT2D eigenvalue weighted by atomic mass is 10.3. The summed E-state index contributed by atoms with van der Waals surface area (Å²) in [6.45, 7) is 4.99. The first-order chi connectivity index (χ1) is 8.25. The predicted molar refractivity (Wildman–Crippen MR) is 65.0 cm³/mol. The zero-order chi connectivity index (χ0) is 12.1. The van der Waals surface area contributed by atoms with E-state index in [0.29, 0.717) is 17.6 Å². The van der Waals surface area contributed by atoms with Crippen LogP contribution in [0.15, 0.2) is 31.0 Å². The van der Waals surface area contributed by atoms with E-state index in [9.17, 15) is 0 Å². The molecule has 0 saturated heterocycles. The van der Waals surface area contributed by atoms with E-state index in [0.717, 1.165) is 12.1 Å². The molecule has 0 atom stereocenters. The molecule has 0 aliphatic carbocycles. The van der Waals surface area contributed by atoms with Crippen molar-refractivity contribution in [3.05, 3.63) is 36.5 Å². The topological polar surface area (TPSA) is 63.6 Å². The molecule has 2 heterocycles. The molecule has 0 aliphatic rings. The lowest BCUT2D eigenvalue weighted by molar-refractivity contribution is 0.587. The first-order valence-corrected chi connectivity index (χ1v) is 5.56. The van der Waals surface area contributed by atoms with Crippen LogP contribution >= 0.6 is 0 Å². The Morgan fingerprint density at radius 3 is 2.41 bits per heavy atom. The van der Waals surface area contributed by atoms with Crippen LogP contribution in [0.2, 0.25) is 0 Å². The van der Waals surface area contributed by atoms with Gasteiger partial charge in [-0.1, -0.05) is 13.8 Å². The molecule has 17 heavy (non-hydrogen) atoms. The minimum atomic E-state index is 0.453. The third kappa shape index (κ3) is 3.29. The van der Waals surface area contributed by atoms with Crippen LogP contribution in [-0.4, -0.2) is 26.0 Å². The van der Waals surface area contributed by atoms with Gasteiger partial charge in [0, 0.05) is 42.9 Å². The minimum absolute atomic E-state index is 0.453. The van der Waals surface area contributed by atoms with Gasteiger partial charge in [-0.05, 0) is 0 Å². The second-order valence-corrected chi connectivity index (χ2v) is 4.04. The number of aromatic nitrogens is 4. The molecule has 0 unspecified atom stereocenters. The molecule has 0 bridgehead atoms. The van der Waals surface area contributed by atoms with Crippen LogP contribution in [0.25, 0.3) is 11.5 Å². The minimum Gasteiger partial charge on any atom is -0.310 e. The largest absolute Gasteiger partial charge is 0.310 e. The standard InChI is InChI=1S/C12H15N5/c1-9(2)15-5-10-6-16-12(17-7-10)11-8-13-3-4-14-11/h3-4,6-9,15H,5H2,1-2H3. The highest BCUT2D eigenvalue weighted by Gasteiger charge is 2.02. The van der Waals surface area contributed by atoms with E-state index in [1.165, 1.54) is 0 Å². The molecule has 0 aliphatic heterocycles. The smallest absolute Gasteiger partial charge is 0.179 e. The van der Waals surface area contributed by atoms with Crippen molar-refractivity contribution in [2.45, 2.75) is 26.4 Å². The molecule has 88 valence electrons. The van der Waals surface area contributed by atoms with Crippen LogP contribution in [0.5, 0.6) is 0 Å². The summed E-state index contributed by atoms with van der Waals surface area (Å²) in [5.74, 6) is 0.603. The lowest BCUT2D eigenvalue weighted by Crippen LogP contribution is -2.21. The molecule has 0 amide bonds. The Morgan fingerprint density at radius 1 is 1.06 bits per heavy atom. The molecular weight excluding hydrogens is 214 g/mol. The SMILES string of the molecule is CC(C)NCc1cnc(-c2cnccn2)nc1. The Hall–Kier alpha value is -1.88. The molecule has 0 fully saturated rings. The van der Waals surface area contributed by atoms with Crippen molar-refractivity contribution in [2.75, 3.05) is 0 Å². The fourth-order valence-corrected chi connectivity index (χ4v) is 1.31. The quantitative estimate of drug-likeness (QED) is 0.859. The van der Waals surface area contributed by atoms with Gasteiger partial charge in [0.2, 0.25) is 0 Å². The monoisotopic (exact) mass is 229 g/mol. The van der Waals surface area contributed by atoms with Gasteiger partial charge in [0.25, 0.3) is 0 Å². The molecule has 0 spiro atoms. The van der Waals surface area contributed by atoms with E-state index in [1.807, 2.05) is 12.4 Å². The van der Waals surface area contributed by atoms with Crippen LogP contribution in [0.3, 0.4) is 0 Å². The molecule has 2 aromatic heterocycles. The Morgan fingerprint density at radius 2 is 1.82 bits per heavy atom. The molecular formula is C12H15N5. The highest BCUT2D eigenvalue weighted by Crippen LogP contribution is 2.08. The summed E-state index contributed by atoms with van der Waals surface area (Å²) in [6.07, 6.45) is 8.54. The van der Waals surface area contributed by atoms with Gasteiger partial charge in [0.15, 0.2) is 5.82 Å². The second kappa shape index (κ2) is 5.45. The van der Waals surface area contributed by atoms with Crippen molar-refractivity contribution in [3.8, 4) is 11.5 Å². The predicted octanol–water partition coefficient (Wildman–Crippen LogP) is 1.43. The summed E-state index contributed by atoms with van der Waals surface area (Å²) >= 11 is 0. The van der Waals surface area contributed by atoms with Gasteiger partial charge in [-0.2, -0.15) is 0 Å². The van der Waals surface area contributed by atoms with E-state index >= 15 is 0 Å². The van der Waals surface area contributed by atoms with Crippen molar-refractivity contribution in [1.29, 1.82) is 0 Å². The molecule has 0 saturated carbocycles. The Labute approximate surface area is 100 Å². The molecule has 2 rings (SSSR count). The molecule has 5 heteroatoms. The summed E-state index contributed by atoms with van der Waals surface area (Å²) in [4.78, 5) is 16.7. The van der Waals surface area contributed by atoms with Crippen LogP contribution in [0, 0.1) is 0 Å². The van der Waals surface area contributed by atoms with E-state index in [1.54, 1.807) is 18.6 Å². The first kappa shape index (κ1) is 11.6. The summed E-state index contributed by atoms with van der Waals surface area (Å²) in [5.41, 5.74) is 1.75. The number of nitrogens with zero attached hydrogens (tertiary/aromatic N) is 4. The number of nitrogens with one attached hydrogen (secondary N) is 1. The van der Waals surface area contributed by atoms with Crippen molar-refractivity contribution < 1.29 is 0 Å². The van der Waals surface area contributed by atoms with Gasteiger partial charge in [-0.25, -0.2) is 15.0 Å². The van der Waals surface area contributed by atoms with Crippen molar-refractivity contribution in [3.63, 3.8) is 0 Å². The molecule has 0 aromatic carbocycles. The van der Waals surface area contributed by atoms with E-state index in [-0.39, 0.29) is 0 Å². The van der Waals surface area contributed by atoms with Crippen molar-refractivity contribution in [2.24, 2.45) is 0 Å². The maximum Gasteiger partial charge on any atom is 0.179 e. The van der Waals surface area contributed by atoms with Gasteiger partial charge in [-0.15, -0.1) is 0 Å². The number of rotatable bonds is 4. The first-order valence-electron chi connectivity index (χ1n) is 5.56. The average molecular weight is 229 g/mol. The third-order valence-corrected chi connectivity index (χ3v) is 2.21. The van der Waals surface area contributed by atoms with Crippen LogP contribution < -0.4 is 5.32 Å². The van der Waals surface area contributed by atoms with Crippen LogP contribution in [0.1, 0.15) is 19.4 Å². The fourth-order valence-electron chi connectivity index (χ4n) is 1.31. The molecule has 2 aromatic rings. The lowest BCUT2D eigenvalue weighted by Gasteiger charge is -2.07. The van der Waals surface area contributed by atoms with Gasteiger partial charge < -0.3 is 5.32 Å². The van der Waals surface area contributed by atoms with Gasteiger partial charge in [0.05, 0.1) is 6.20 Å². The summed E-state index contributed by atoms with van der Waals surface area (Å²) < 4.78 is 0. The Kier molecular flexibility index (Phi) is 3.72. The van der Waals surface area contributed by atoms with Crippen LogP contribution in [0.4, 0.5) is 0 Å². The number of hydrogen-bond acceptors (Lipinski definition) is 5. The highest BCUT2D eigenvalue weighted by molar-refractivity contribution is 5.46. The normalized spacial score (nSPS) is 10.8. The Bertz CT molecular complexity index is 452. The Balaban J connectivity index is 2.08. The van der Waals surface area contributed by atoms with E-state index in [2.05, 4.69) is 39.1 Å². The van der Waals surface area contributed by atoms with Crippen molar-refractivity contribution >= 4 is 0 Å². The maximum absolute atomic E-state index is 4.27. The summed E-state index contributed by atoms with van der Waals surface area (Å²) in [7, 11) is 0. The molecule has 1 N–H and O–H groups in total. The zero-order valence-electron chi connectivity index (χ0n) is 9.96. The van der Waals surface area contributed by atoms with Gasteiger partial charge in [-0.3, -0.25) is 4.98 Å². The summed E-state index contributed by atoms with van der Waals surface area (Å²) in [6, 6.07) is 0.453. The number of hydrogen-bond donors (Lipinski definition) is 1. The van der Waals surface area contributed by atoms with E-state index in [4.69, 9.17) is 0 Å². The van der Waals surface area contributed by atoms with Crippen LogP contribution in [-0.2, 0) is 6.54 Å². The maximum atomic E-state index is 4.27.